The Kier molecular flexibility index (Phi) is 4.77. The molecule has 0 saturated heterocycles. The molecule has 0 radical (unpaired) electrons. The lowest BCUT2D eigenvalue weighted by Gasteiger charge is -2.13. The van der Waals surface area contributed by atoms with E-state index in [1.165, 1.54) is 11.3 Å². The lowest BCUT2D eigenvalue weighted by molar-refractivity contribution is 0.102. The standard InChI is InChI=1S/C18H18N4OS/c1-22(2)16-8-6-14(7-9-16)20-17(23)13-4-3-5-15(12-13)21-18-19-10-11-24-18/h3-12H,1-2H3,(H,19,21)(H,20,23). The number of aromatic nitrogens is 1. The summed E-state index contributed by atoms with van der Waals surface area (Å²) in [6.45, 7) is 0. The van der Waals surface area contributed by atoms with Crippen LogP contribution in [0.3, 0.4) is 0 Å². The minimum atomic E-state index is -0.143. The largest absolute Gasteiger partial charge is 0.378 e. The zero-order chi connectivity index (χ0) is 16.9. The maximum absolute atomic E-state index is 12.4. The first-order valence-corrected chi connectivity index (χ1v) is 8.35. The number of benzene rings is 2. The SMILES string of the molecule is CN(C)c1ccc(NC(=O)c2cccc(Nc3nccs3)c2)cc1. The molecule has 0 aliphatic carbocycles. The summed E-state index contributed by atoms with van der Waals surface area (Å²) < 4.78 is 0. The topological polar surface area (TPSA) is 57.3 Å². The van der Waals surface area contributed by atoms with Crippen LogP contribution in [0, 0.1) is 0 Å². The smallest absolute Gasteiger partial charge is 0.255 e. The number of nitrogens with zero attached hydrogens (tertiary/aromatic N) is 2. The van der Waals surface area contributed by atoms with Gasteiger partial charge in [-0.05, 0) is 42.5 Å². The second-order valence-electron chi connectivity index (χ2n) is 5.44. The molecule has 5 nitrogen and oxygen atoms in total. The summed E-state index contributed by atoms with van der Waals surface area (Å²) in [7, 11) is 3.96. The van der Waals surface area contributed by atoms with Gasteiger partial charge in [0.15, 0.2) is 5.13 Å². The highest BCUT2D eigenvalue weighted by Gasteiger charge is 2.08. The van der Waals surface area contributed by atoms with Crippen molar-refractivity contribution in [2.75, 3.05) is 29.6 Å². The highest BCUT2D eigenvalue weighted by atomic mass is 32.1. The van der Waals surface area contributed by atoms with E-state index in [2.05, 4.69) is 15.6 Å². The molecule has 0 fully saturated rings. The van der Waals surface area contributed by atoms with Gasteiger partial charge in [0.05, 0.1) is 0 Å². The number of hydrogen-bond donors (Lipinski definition) is 2. The first-order chi connectivity index (χ1) is 11.6. The highest BCUT2D eigenvalue weighted by molar-refractivity contribution is 7.13. The van der Waals surface area contributed by atoms with Gasteiger partial charge in [-0.2, -0.15) is 0 Å². The molecule has 1 aromatic heterocycles. The van der Waals surface area contributed by atoms with E-state index < -0.39 is 0 Å². The van der Waals surface area contributed by atoms with Crippen molar-refractivity contribution in [3.8, 4) is 0 Å². The van der Waals surface area contributed by atoms with Gasteiger partial charge in [0, 0.05) is 48.3 Å². The van der Waals surface area contributed by atoms with Crippen molar-refractivity contribution < 1.29 is 4.79 Å². The molecule has 2 aromatic carbocycles. The molecule has 2 N–H and O–H groups in total. The lowest BCUT2D eigenvalue weighted by atomic mass is 10.2. The summed E-state index contributed by atoms with van der Waals surface area (Å²) in [5.41, 5.74) is 3.28. The summed E-state index contributed by atoms with van der Waals surface area (Å²) in [4.78, 5) is 18.6. The van der Waals surface area contributed by atoms with Crippen molar-refractivity contribution in [1.29, 1.82) is 0 Å². The second-order valence-corrected chi connectivity index (χ2v) is 6.33. The van der Waals surface area contributed by atoms with Crippen LogP contribution < -0.4 is 15.5 Å². The first-order valence-electron chi connectivity index (χ1n) is 7.47. The predicted molar refractivity (Wildman–Crippen MR) is 101 cm³/mol. The Morgan fingerprint density at radius 1 is 1.08 bits per heavy atom. The Bertz CT molecular complexity index is 813. The van der Waals surface area contributed by atoms with Crippen molar-refractivity contribution in [3.63, 3.8) is 0 Å². The van der Waals surface area contributed by atoms with E-state index >= 15 is 0 Å². The van der Waals surface area contributed by atoms with E-state index in [0.717, 1.165) is 22.2 Å². The molecule has 0 spiro atoms. The molecule has 3 aromatic rings. The molecule has 0 atom stereocenters. The van der Waals surface area contributed by atoms with Crippen LogP contribution >= 0.6 is 11.3 Å². The van der Waals surface area contributed by atoms with E-state index in [4.69, 9.17) is 0 Å². The molecule has 0 unspecified atom stereocenters. The van der Waals surface area contributed by atoms with E-state index in [9.17, 15) is 4.79 Å². The van der Waals surface area contributed by atoms with Gasteiger partial charge in [0.1, 0.15) is 0 Å². The van der Waals surface area contributed by atoms with Crippen molar-refractivity contribution >= 4 is 39.4 Å². The van der Waals surface area contributed by atoms with Crippen LogP contribution in [0.1, 0.15) is 10.4 Å². The molecule has 24 heavy (non-hydrogen) atoms. The normalized spacial score (nSPS) is 10.2. The van der Waals surface area contributed by atoms with Gasteiger partial charge in [0.2, 0.25) is 0 Å². The van der Waals surface area contributed by atoms with Crippen LogP contribution in [0.2, 0.25) is 0 Å². The fraction of sp³-hybridized carbons (Fsp3) is 0.111. The first kappa shape index (κ1) is 16.0. The van der Waals surface area contributed by atoms with Crippen LogP contribution in [0.5, 0.6) is 0 Å². The number of hydrogen-bond acceptors (Lipinski definition) is 5. The number of amides is 1. The fourth-order valence-corrected chi connectivity index (χ4v) is 2.74. The van der Waals surface area contributed by atoms with Crippen molar-refractivity contribution in [2.24, 2.45) is 0 Å². The molecule has 0 aliphatic heterocycles. The monoisotopic (exact) mass is 338 g/mol. The fourth-order valence-electron chi connectivity index (χ4n) is 2.19. The Balaban J connectivity index is 1.70. The maximum Gasteiger partial charge on any atom is 0.255 e. The number of thiazole rings is 1. The van der Waals surface area contributed by atoms with E-state index in [1.54, 1.807) is 12.3 Å². The van der Waals surface area contributed by atoms with Gasteiger partial charge in [-0.1, -0.05) is 6.07 Å². The van der Waals surface area contributed by atoms with Crippen LogP contribution in [0.15, 0.2) is 60.1 Å². The molecule has 1 heterocycles. The maximum atomic E-state index is 12.4. The zero-order valence-corrected chi connectivity index (χ0v) is 14.3. The average Bonchev–Trinajstić information content (AvgIpc) is 3.08. The second kappa shape index (κ2) is 7.14. The van der Waals surface area contributed by atoms with Crippen LogP contribution in [-0.4, -0.2) is 25.0 Å². The Labute approximate surface area is 145 Å². The third-order valence-electron chi connectivity index (χ3n) is 3.45. The molecule has 0 aliphatic rings. The Morgan fingerprint density at radius 3 is 2.54 bits per heavy atom. The van der Waals surface area contributed by atoms with E-state index in [-0.39, 0.29) is 5.91 Å². The molecular weight excluding hydrogens is 320 g/mol. The van der Waals surface area contributed by atoms with Crippen molar-refractivity contribution in [1.82, 2.24) is 4.98 Å². The summed E-state index contributed by atoms with van der Waals surface area (Å²) in [5, 5.41) is 8.79. The summed E-state index contributed by atoms with van der Waals surface area (Å²) in [6.07, 6.45) is 1.74. The van der Waals surface area contributed by atoms with Crippen molar-refractivity contribution in [3.05, 3.63) is 65.7 Å². The third kappa shape index (κ3) is 3.91. The predicted octanol–water partition coefficient (Wildman–Crippen LogP) is 4.21. The van der Waals surface area contributed by atoms with Gasteiger partial charge in [0.25, 0.3) is 5.91 Å². The quantitative estimate of drug-likeness (QED) is 0.732. The number of carbonyl (C=O) groups is 1. The average molecular weight is 338 g/mol. The number of anilines is 4. The van der Waals surface area contributed by atoms with Gasteiger partial charge in [-0.15, -0.1) is 11.3 Å². The molecule has 122 valence electrons. The third-order valence-corrected chi connectivity index (χ3v) is 4.14. The molecule has 0 bridgehead atoms. The van der Waals surface area contributed by atoms with Gasteiger partial charge in [-0.25, -0.2) is 4.98 Å². The molecular formula is C18H18N4OS. The number of carbonyl (C=O) groups excluding carboxylic acids is 1. The number of rotatable bonds is 5. The highest BCUT2D eigenvalue weighted by Crippen LogP contribution is 2.21. The van der Waals surface area contributed by atoms with Gasteiger partial charge >= 0.3 is 0 Å². The van der Waals surface area contributed by atoms with E-state index in [1.807, 2.05) is 66.8 Å². The Morgan fingerprint density at radius 2 is 1.88 bits per heavy atom. The van der Waals surface area contributed by atoms with Gasteiger partial charge in [-0.3, -0.25) is 4.79 Å². The van der Waals surface area contributed by atoms with Crippen LogP contribution in [0.4, 0.5) is 22.2 Å². The molecule has 1 amide bonds. The zero-order valence-electron chi connectivity index (χ0n) is 13.5. The minimum absolute atomic E-state index is 0.143. The lowest BCUT2D eigenvalue weighted by Crippen LogP contribution is -2.12. The van der Waals surface area contributed by atoms with Crippen LogP contribution in [0.25, 0.3) is 0 Å². The van der Waals surface area contributed by atoms with Gasteiger partial charge < -0.3 is 15.5 Å². The van der Waals surface area contributed by atoms with E-state index in [0.29, 0.717) is 5.56 Å². The Hall–Kier alpha value is -2.86. The van der Waals surface area contributed by atoms with Crippen LogP contribution in [-0.2, 0) is 0 Å². The van der Waals surface area contributed by atoms with Crippen molar-refractivity contribution in [2.45, 2.75) is 0 Å². The molecule has 0 saturated carbocycles. The minimum Gasteiger partial charge on any atom is -0.378 e. The number of nitrogens with one attached hydrogen (secondary N) is 2. The summed E-state index contributed by atoms with van der Waals surface area (Å²) in [5.74, 6) is -0.143. The summed E-state index contributed by atoms with van der Waals surface area (Å²) >= 11 is 1.51. The summed E-state index contributed by atoms with van der Waals surface area (Å²) in [6, 6.07) is 15.1. The molecule has 3 rings (SSSR count). The molecule has 6 heteroatoms.